The average Bonchev–Trinajstić information content (AvgIpc) is 2.67. The smallest absolute Gasteiger partial charge is 0.255 e. The summed E-state index contributed by atoms with van der Waals surface area (Å²) in [5.74, 6) is 1.38. The Morgan fingerprint density at radius 3 is 2.26 bits per heavy atom. The molecule has 1 heterocycles. The lowest BCUT2D eigenvalue weighted by molar-refractivity contribution is 0.0624. The molecule has 5 heteroatoms. The second-order valence-electron chi connectivity index (χ2n) is 7.38. The first-order valence-corrected chi connectivity index (χ1v) is 9.31. The number of nitrogens with zero attached hydrogens (tertiary/aromatic N) is 1. The summed E-state index contributed by atoms with van der Waals surface area (Å²) < 4.78 is 5.12. The maximum absolute atomic E-state index is 13.1. The first-order valence-electron chi connectivity index (χ1n) is 9.31. The van der Waals surface area contributed by atoms with Crippen LogP contribution in [0.2, 0.25) is 0 Å². The molecule has 0 radical (unpaired) electrons. The molecule has 1 N–H and O–H groups in total. The molecule has 1 fully saturated rings. The van der Waals surface area contributed by atoms with Crippen LogP contribution in [-0.4, -0.2) is 36.9 Å². The van der Waals surface area contributed by atoms with Crippen LogP contribution in [0, 0.1) is 11.8 Å². The summed E-state index contributed by atoms with van der Waals surface area (Å²) in [6.07, 6.45) is 1.14. The van der Waals surface area contributed by atoms with Crippen LogP contribution < -0.4 is 10.1 Å². The standard InChI is InChI=1S/C22H26N2O3/c1-15-12-16(2)14-24(13-15)22(26)19-6-4-5-7-20(19)23-21(25)17-8-10-18(27-3)11-9-17/h4-11,15-16H,12-14H2,1-3H3,(H,23,25). The van der Waals surface area contributed by atoms with Crippen LogP contribution in [0.5, 0.6) is 5.75 Å². The molecular formula is C22H26N2O3. The minimum absolute atomic E-state index is 0.0287. The molecule has 0 aliphatic carbocycles. The Bertz CT molecular complexity index is 807. The number of nitrogens with one attached hydrogen (secondary N) is 1. The van der Waals surface area contributed by atoms with Crippen LogP contribution in [-0.2, 0) is 0 Å². The topological polar surface area (TPSA) is 58.6 Å². The van der Waals surface area contributed by atoms with Crippen LogP contribution in [0.3, 0.4) is 0 Å². The minimum Gasteiger partial charge on any atom is -0.497 e. The SMILES string of the molecule is COc1ccc(C(=O)Nc2ccccc2C(=O)N2CC(C)CC(C)C2)cc1. The lowest BCUT2D eigenvalue weighted by Gasteiger charge is -2.35. The zero-order chi connectivity index (χ0) is 19.4. The van der Waals surface area contributed by atoms with E-state index in [1.54, 1.807) is 43.5 Å². The van der Waals surface area contributed by atoms with Crippen molar-refractivity contribution in [3.8, 4) is 5.75 Å². The van der Waals surface area contributed by atoms with Gasteiger partial charge in [-0.1, -0.05) is 26.0 Å². The molecule has 0 aromatic heterocycles. The van der Waals surface area contributed by atoms with Crippen molar-refractivity contribution in [3.05, 3.63) is 59.7 Å². The number of amides is 2. The largest absolute Gasteiger partial charge is 0.497 e. The van der Waals surface area contributed by atoms with Gasteiger partial charge in [0.2, 0.25) is 0 Å². The summed E-state index contributed by atoms with van der Waals surface area (Å²) in [6, 6.07) is 14.1. The van der Waals surface area contributed by atoms with Crippen LogP contribution in [0.15, 0.2) is 48.5 Å². The zero-order valence-corrected chi connectivity index (χ0v) is 16.1. The van der Waals surface area contributed by atoms with Crippen LogP contribution >= 0.6 is 0 Å². The van der Waals surface area contributed by atoms with Gasteiger partial charge < -0.3 is 15.0 Å². The fraction of sp³-hybridized carbons (Fsp3) is 0.364. The van der Waals surface area contributed by atoms with Gasteiger partial charge >= 0.3 is 0 Å². The number of hydrogen-bond donors (Lipinski definition) is 1. The second-order valence-corrected chi connectivity index (χ2v) is 7.38. The predicted octanol–water partition coefficient (Wildman–Crippen LogP) is 4.07. The molecule has 1 saturated heterocycles. The highest BCUT2D eigenvalue weighted by Gasteiger charge is 2.27. The molecule has 2 amide bonds. The molecule has 1 aliphatic rings. The molecule has 2 aromatic rings. The third kappa shape index (κ3) is 4.48. The van der Waals surface area contributed by atoms with Crippen molar-refractivity contribution in [2.45, 2.75) is 20.3 Å². The van der Waals surface area contributed by atoms with Crippen LogP contribution in [0.1, 0.15) is 41.0 Å². The Morgan fingerprint density at radius 2 is 1.63 bits per heavy atom. The fourth-order valence-corrected chi connectivity index (χ4v) is 3.71. The van der Waals surface area contributed by atoms with E-state index in [9.17, 15) is 9.59 Å². The molecule has 5 nitrogen and oxygen atoms in total. The van der Waals surface area contributed by atoms with Gasteiger partial charge in [-0.25, -0.2) is 0 Å². The third-order valence-corrected chi connectivity index (χ3v) is 4.91. The number of carbonyl (C=O) groups excluding carboxylic acids is 2. The summed E-state index contributed by atoms with van der Waals surface area (Å²) in [5.41, 5.74) is 1.58. The van der Waals surface area contributed by atoms with Crippen molar-refractivity contribution in [2.75, 3.05) is 25.5 Å². The van der Waals surface area contributed by atoms with E-state index >= 15 is 0 Å². The molecule has 1 aliphatic heterocycles. The highest BCUT2D eigenvalue weighted by Crippen LogP contribution is 2.25. The lowest BCUT2D eigenvalue weighted by Crippen LogP contribution is -2.42. The Morgan fingerprint density at radius 1 is 1.00 bits per heavy atom. The van der Waals surface area contributed by atoms with Gasteiger partial charge in [0.05, 0.1) is 18.4 Å². The number of likely N-dealkylation sites (tertiary alicyclic amines) is 1. The monoisotopic (exact) mass is 366 g/mol. The van der Waals surface area contributed by atoms with Gasteiger partial charge in [-0.3, -0.25) is 9.59 Å². The highest BCUT2D eigenvalue weighted by atomic mass is 16.5. The van der Waals surface area contributed by atoms with Gasteiger partial charge in [0.15, 0.2) is 0 Å². The van der Waals surface area contributed by atoms with Gasteiger partial charge in [-0.2, -0.15) is 0 Å². The van der Waals surface area contributed by atoms with Crippen LogP contribution in [0.25, 0.3) is 0 Å². The summed E-state index contributed by atoms with van der Waals surface area (Å²) in [5, 5.41) is 2.88. The number of piperidine rings is 1. The van der Waals surface area contributed by atoms with E-state index in [2.05, 4.69) is 19.2 Å². The van der Waals surface area contributed by atoms with Crippen molar-refractivity contribution in [2.24, 2.45) is 11.8 Å². The van der Waals surface area contributed by atoms with E-state index in [4.69, 9.17) is 4.74 Å². The van der Waals surface area contributed by atoms with Gasteiger partial charge in [0.1, 0.15) is 5.75 Å². The molecule has 3 rings (SSSR count). The van der Waals surface area contributed by atoms with E-state index in [1.165, 1.54) is 0 Å². The molecule has 0 saturated carbocycles. The number of rotatable bonds is 4. The van der Waals surface area contributed by atoms with Gasteiger partial charge in [-0.05, 0) is 54.7 Å². The van der Waals surface area contributed by atoms with Crippen molar-refractivity contribution < 1.29 is 14.3 Å². The summed E-state index contributed by atoms with van der Waals surface area (Å²) in [6.45, 7) is 5.86. The number of anilines is 1. The molecule has 27 heavy (non-hydrogen) atoms. The van der Waals surface area contributed by atoms with Gasteiger partial charge in [-0.15, -0.1) is 0 Å². The Balaban J connectivity index is 1.78. The van der Waals surface area contributed by atoms with E-state index in [0.29, 0.717) is 34.4 Å². The predicted molar refractivity (Wildman–Crippen MR) is 106 cm³/mol. The summed E-state index contributed by atoms with van der Waals surface area (Å²) in [7, 11) is 1.58. The molecular weight excluding hydrogens is 340 g/mol. The number of para-hydroxylation sites is 1. The van der Waals surface area contributed by atoms with Crippen LogP contribution in [0.4, 0.5) is 5.69 Å². The number of methoxy groups -OCH3 is 1. The molecule has 0 spiro atoms. The molecule has 2 unspecified atom stereocenters. The molecule has 2 atom stereocenters. The van der Waals surface area contributed by atoms with E-state index in [1.807, 2.05) is 17.0 Å². The number of hydrogen-bond acceptors (Lipinski definition) is 3. The second kappa shape index (κ2) is 8.25. The minimum atomic E-state index is -0.252. The normalized spacial score (nSPS) is 19.4. The van der Waals surface area contributed by atoms with Gasteiger partial charge in [0, 0.05) is 18.7 Å². The quantitative estimate of drug-likeness (QED) is 0.887. The molecule has 2 aromatic carbocycles. The van der Waals surface area contributed by atoms with Crippen molar-refractivity contribution in [3.63, 3.8) is 0 Å². The third-order valence-electron chi connectivity index (χ3n) is 4.91. The highest BCUT2D eigenvalue weighted by molar-refractivity contribution is 6.09. The maximum Gasteiger partial charge on any atom is 0.255 e. The number of carbonyl (C=O) groups is 2. The summed E-state index contributed by atoms with van der Waals surface area (Å²) >= 11 is 0. The Hall–Kier alpha value is -2.82. The maximum atomic E-state index is 13.1. The number of ether oxygens (including phenoxy) is 1. The first-order chi connectivity index (χ1) is 13.0. The van der Waals surface area contributed by atoms with E-state index in [-0.39, 0.29) is 11.8 Å². The van der Waals surface area contributed by atoms with Crippen molar-refractivity contribution in [1.82, 2.24) is 4.90 Å². The Labute approximate surface area is 160 Å². The lowest BCUT2D eigenvalue weighted by atomic mass is 9.91. The Kier molecular flexibility index (Phi) is 5.79. The van der Waals surface area contributed by atoms with Crippen molar-refractivity contribution in [1.29, 1.82) is 0 Å². The van der Waals surface area contributed by atoms with E-state index < -0.39 is 0 Å². The zero-order valence-electron chi connectivity index (χ0n) is 16.1. The fourth-order valence-electron chi connectivity index (χ4n) is 3.71. The average molecular weight is 366 g/mol. The summed E-state index contributed by atoms with van der Waals surface area (Å²) in [4.78, 5) is 27.6. The molecule has 142 valence electrons. The number of benzene rings is 2. The van der Waals surface area contributed by atoms with E-state index in [0.717, 1.165) is 19.5 Å². The first kappa shape index (κ1) is 19.0. The van der Waals surface area contributed by atoms with Gasteiger partial charge in [0.25, 0.3) is 11.8 Å². The molecule has 0 bridgehead atoms. The van der Waals surface area contributed by atoms with Crippen molar-refractivity contribution >= 4 is 17.5 Å².